The second kappa shape index (κ2) is 7.78. The molecular weight excluding hydrogens is 327 g/mol. The molecule has 0 radical (unpaired) electrons. The smallest absolute Gasteiger partial charge is 0.237 e. The molecule has 3 atom stereocenters. The topological polar surface area (TPSA) is 90.0 Å². The predicted octanol–water partition coefficient (Wildman–Crippen LogP) is 1.31. The standard InChI is InChI=1S/C14H18N4O2.2ClH/c1-8(16-14(20)12-6-9(19)7-15-12)13-17-10-4-2-3-5-11(10)18-13;;/h2-5,8-9,12,15,19H,6-7H2,1H3,(H,16,20)(H,17,18);2*1H. The summed E-state index contributed by atoms with van der Waals surface area (Å²) in [6.45, 7) is 2.36. The minimum Gasteiger partial charge on any atom is -0.392 e. The molecule has 1 aliphatic rings. The number of fused-ring (bicyclic) bond motifs is 1. The molecule has 1 fully saturated rings. The van der Waals surface area contributed by atoms with Crippen LogP contribution in [0.1, 0.15) is 25.2 Å². The number of rotatable bonds is 3. The Balaban J connectivity index is 0.00000121. The van der Waals surface area contributed by atoms with Crippen molar-refractivity contribution in [3.63, 3.8) is 0 Å². The van der Waals surface area contributed by atoms with Crippen LogP contribution in [0, 0.1) is 0 Å². The fourth-order valence-electron chi connectivity index (χ4n) is 2.48. The second-order valence-corrected chi connectivity index (χ2v) is 5.22. The fraction of sp³-hybridized carbons (Fsp3) is 0.429. The van der Waals surface area contributed by atoms with E-state index in [2.05, 4.69) is 20.6 Å². The molecule has 0 spiro atoms. The van der Waals surface area contributed by atoms with Gasteiger partial charge < -0.3 is 20.7 Å². The Bertz CT molecular complexity index is 601. The lowest BCUT2D eigenvalue weighted by atomic mass is 10.2. The molecule has 122 valence electrons. The van der Waals surface area contributed by atoms with Gasteiger partial charge in [-0.15, -0.1) is 24.8 Å². The van der Waals surface area contributed by atoms with Gasteiger partial charge in [0.1, 0.15) is 5.82 Å². The van der Waals surface area contributed by atoms with Gasteiger partial charge in [-0.1, -0.05) is 12.1 Å². The van der Waals surface area contributed by atoms with Crippen LogP contribution in [-0.2, 0) is 4.79 Å². The summed E-state index contributed by atoms with van der Waals surface area (Å²) in [6.07, 6.45) is 0.0193. The quantitative estimate of drug-likeness (QED) is 0.674. The van der Waals surface area contributed by atoms with Gasteiger partial charge >= 0.3 is 0 Å². The number of carbonyl (C=O) groups is 1. The number of carbonyl (C=O) groups excluding carboxylic acids is 1. The number of aliphatic hydroxyl groups excluding tert-OH is 1. The van der Waals surface area contributed by atoms with Gasteiger partial charge in [0.15, 0.2) is 0 Å². The number of hydrogen-bond donors (Lipinski definition) is 4. The number of aromatic nitrogens is 2. The number of β-amino-alcohol motifs (C(OH)–C–C–N with tert-alkyl or cyclic N) is 1. The zero-order valence-electron chi connectivity index (χ0n) is 12.1. The van der Waals surface area contributed by atoms with Crippen molar-refractivity contribution in [1.29, 1.82) is 0 Å². The van der Waals surface area contributed by atoms with Crippen molar-refractivity contribution in [2.24, 2.45) is 0 Å². The van der Waals surface area contributed by atoms with Gasteiger partial charge in [-0.2, -0.15) is 0 Å². The van der Waals surface area contributed by atoms with Crippen LogP contribution in [0.3, 0.4) is 0 Å². The molecule has 1 aromatic carbocycles. The van der Waals surface area contributed by atoms with Crippen LogP contribution in [0.25, 0.3) is 11.0 Å². The number of para-hydroxylation sites is 2. The van der Waals surface area contributed by atoms with Crippen molar-refractivity contribution in [1.82, 2.24) is 20.6 Å². The van der Waals surface area contributed by atoms with E-state index in [4.69, 9.17) is 0 Å². The van der Waals surface area contributed by atoms with Crippen LogP contribution in [0.4, 0.5) is 0 Å². The van der Waals surface area contributed by atoms with Gasteiger partial charge in [-0.05, 0) is 25.5 Å². The fourth-order valence-corrected chi connectivity index (χ4v) is 2.48. The van der Waals surface area contributed by atoms with E-state index < -0.39 is 6.10 Å². The van der Waals surface area contributed by atoms with E-state index in [9.17, 15) is 9.90 Å². The number of H-pyrrole nitrogens is 1. The summed E-state index contributed by atoms with van der Waals surface area (Å²) < 4.78 is 0. The van der Waals surface area contributed by atoms with Crippen molar-refractivity contribution in [2.75, 3.05) is 6.54 Å². The monoisotopic (exact) mass is 346 g/mol. The third kappa shape index (κ3) is 3.89. The normalized spacial score (nSPS) is 21.7. The minimum absolute atomic E-state index is 0. The number of halogens is 2. The number of imidazole rings is 1. The van der Waals surface area contributed by atoms with Gasteiger partial charge in [-0.3, -0.25) is 4.79 Å². The number of aliphatic hydroxyl groups is 1. The number of hydrogen-bond acceptors (Lipinski definition) is 4. The molecule has 1 aliphatic heterocycles. The number of nitrogens with zero attached hydrogens (tertiary/aromatic N) is 1. The Kier molecular flexibility index (Phi) is 6.62. The molecule has 2 heterocycles. The number of nitrogens with one attached hydrogen (secondary N) is 3. The molecule has 6 nitrogen and oxygen atoms in total. The van der Waals surface area contributed by atoms with Crippen LogP contribution in [0.2, 0.25) is 0 Å². The minimum atomic E-state index is -0.438. The molecule has 4 N–H and O–H groups in total. The summed E-state index contributed by atoms with van der Waals surface area (Å²) in [7, 11) is 0. The Morgan fingerprint density at radius 3 is 2.77 bits per heavy atom. The molecule has 8 heteroatoms. The lowest BCUT2D eigenvalue weighted by Crippen LogP contribution is -2.41. The maximum Gasteiger partial charge on any atom is 0.237 e. The highest BCUT2D eigenvalue weighted by atomic mass is 35.5. The molecule has 0 bridgehead atoms. The van der Waals surface area contributed by atoms with Crippen molar-refractivity contribution in [2.45, 2.75) is 31.5 Å². The average molecular weight is 347 g/mol. The summed E-state index contributed by atoms with van der Waals surface area (Å²) in [5, 5.41) is 15.3. The van der Waals surface area contributed by atoms with Crippen LogP contribution < -0.4 is 10.6 Å². The Hall–Kier alpha value is -1.34. The Labute approximate surface area is 140 Å². The summed E-state index contributed by atoms with van der Waals surface area (Å²) in [5.41, 5.74) is 1.84. The third-order valence-electron chi connectivity index (χ3n) is 3.60. The van der Waals surface area contributed by atoms with Gasteiger partial charge in [0.05, 0.1) is 29.2 Å². The first kappa shape index (κ1) is 18.7. The van der Waals surface area contributed by atoms with Gasteiger partial charge in [0.25, 0.3) is 0 Å². The van der Waals surface area contributed by atoms with Crippen LogP contribution in [0.15, 0.2) is 24.3 Å². The third-order valence-corrected chi connectivity index (χ3v) is 3.60. The summed E-state index contributed by atoms with van der Waals surface area (Å²) in [4.78, 5) is 19.7. The lowest BCUT2D eigenvalue weighted by Gasteiger charge is -2.15. The maximum atomic E-state index is 12.1. The number of aromatic amines is 1. The SMILES string of the molecule is CC(NC(=O)C1CC(O)CN1)c1nc2ccccc2[nH]1.Cl.Cl. The molecule has 2 aromatic rings. The predicted molar refractivity (Wildman–Crippen MR) is 89.6 cm³/mol. The first-order valence-corrected chi connectivity index (χ1v) is 6.80. The van der Waals surface area contributed by atoms with E-state index in [-0.39, 0.29) is 42.8 Å². The van der Waals surface area contributed by atoms with E-state index in [1.165, 1.54) is 0 Å². The van der Waals surface area contributed by atoms with Crippen LogP contribution in [-0.4, -0.2) is 39.7 Å². The average Bonchev–Trinajstić information content (AvgIpc) is 3.04. The van der Waals surface area contributed by atoms with Crippen molar-refractivity contribution < 1.29 is 9.90 Å². The number of amides is 1. The van der Waals surface area contributed by atoms with Crippen molar-refractivity contribution in [3.8, 4) is 0 Å². The van der Waals surface area contributed by atoms with E-state index in [1.54, 1.807) is 0 Å². The highest BCUT2D eigenvalue weighted by Gasteiger charge is 2.29. The summed E-state index contributed by atoms with van der Waals surface area (Å²) >= 11 is 0. The summed E-state index contributed by atoms with van der Waals surface area (Å²) in [6, 6.07) is 7.23. The van der Waals surface area contributed by atoms with Gasteiger partial charge in [0, 0.05) is 6.54 Å². The van der Waals surface area contributed by atoms with E-state index >= 15 is 0 Å². The first-order valence-electron chi connectivity index (χ1n) is 6.80. The molecular formula is C14H20Cl2N4O2. The van der Waals surface area contributed by atoms with Gasteiger partial charge in [0.2, 0.25) is 5.91 Å². The van der Waals surface area contributed by atoms with Crippen LogP contribution >= 0.6 is 24.8 Å². The zero-order valence-corrected chi connectivity index (χ0v) is 13.7. The van der Waals surface area contributed by atoms with E-state index in [1.807, 2.05) is 31.2 Å². The maximum absolute atomic E-state index is 12.1. The van der Waals surface area contributed by atoms with E-state index in [0.717, 1.165) is 16.9 Å². The highest BCUT2D eigenvalue weighted by Crippen LogP contribution is 2.16. The molecule has 3 rings (SSSR count). The van der Waals surface area contributed by atoms with Crippen molar-refractivity contribution in [3.05, 3.63) is 30.1 Å². The van der Waals surface area contributed by atoms with E-state index in [0.29, 0.717) is 13.0 Å². The first-order chi connectivity index (χ1) is 9.63. The molecule has 0 saturated carbocycles. The van der Waals surface area contributed by atoms with Crippen LogP contribution in [0.5, 0.6) is 0 Å². The molecule has 22 heavy (non-hydrogen) atoms. The zero-order chi connectivity index (χ0) is 14.1. The summed E-state index contributed by atoms with van der Waals surface area (Å²) in [5.74, 6) is 0.632. The molecule has 1 amide bonds. The lowest BCUT2D eigenvalue weighted by molar-refractivity contribution is -0.123. The molecule has 3 unspecified atom stereocenters. The van der Waals surface area contributed by atoms with Crippen molar-refractivity contribution >= 4 is 41.8 Å². The largest absolute Gasteiger partial charge is 0.392 e. The Morgan fingerprint density at radius 1 is 1.41 bits per heavy atom. The molecule has 0 aliphatic carbocycles. The number of benzene rings is 1. The second-order valence-electron chi connectivity index (χ2n) is 5.22. The molecule has 1 aromatic heterocycles. The molecule has 1 saturated heterocycles. The highest BCUT2D eigenvalue weighted by molar-refractivity contribution is 5.85. The van der Waals surface area contributed by atoms with Gasteiger partial charge in [-0.25, -0.2) is 4.98 Å². The Morgan fingerprint density at radius 2 is 2.14 bits per heavy atom.